The van der Waals surface area contributed by atoms with Gasteiger partial charge in [-0.3, -0.25) is 15.1 Å². The van der Waals surface area contributed by atoms with Crippen molar-refractivity contribution in [3.8, 4) is 5.88 Å². The number of carbonyl (C=O) groups is 1. The maximum Gasteiger partial charge on any atom is 0.251 e. The molecule has 1 aromatic carbocycles. The number of hydrazone groups is 1. The Balaban J connectivity index is 1.72. The van der Waals surface area contributed by atoms with Crippen molar-refractivity contribution < 1.29 is 14.3 Å². The van der Waals surface area contributed by atoms with Crippen molar-refractivity contribution in [3.63, 3.8) is 0 Å². The fourth-order valence-corrected chi connectivity index (χ4v) is 3.90. The van der Waals surface area contributed by atoms with E-state index in [9.17, 15) is 4.79 Å². The molecule has 3 rings (SSSR count). The van der Waals surface area contributed by atoms with Crippen LogP contribution in [0.5, 0.6) is 5.88 Å². The Morgan fingerprint density at radius 3 is 2.69 bits per heavy atom. The third-order valence-electron chi connectivity index (χ3n) is 5.67. The second kappa shape index (κ2) is 14.3. The summed E-state index contributed by atoms with van der Waals surface area (Å²) in [6, 6.07) is 11.3. The average Bonchev–Trinajstić information content (AvgIpc) is 2.89. The molecule has 2 N–H and O–H groups in total. The quantitative estimate of drug-likeness (QED) is 0.335. The molecule has 0 saturated carbocycles. The number of nitrogens with zero attached hydrogens (tertiary/aromatic N) is 4. The molecule has 2 heterocycles. The van der Waals surface area contributed by atoms with E-state index in [1.54, 1.807) is 25.4 Å². The fraction of sp³-hybridized carbons (Fsp3) is 0.500. The Labute approximate surface area is 208 Å². The fourth-order valence-electron chi connectivity index (χ4n) is 3.90. The summed E-state index contributed by atoms with van der Waals surface area (Å²) in [6.07, 6.45) is 3.78. The molecule has 1 amide bonds. The molecule has 35 heavy (non-hydrogen) atoms. The van der Waals surface area contributed by atoms with Gasteiger partial charge in [0.1, 0.15) is 6.61 Å². The van der Waals surface area contributed by atoms with E-state index in [1.165, 1.54) is 0 Å². The number of morpholine rings is 1. The molecule has 1 fully saturated rings. The number of anilines is 2. The van der Waals surface area contributed by atoms with E-state index in [0.29, 0.717) is 23.9 Å². The maximum absolute atomic E-state index is 11.9. The second-order valence-corrected chi connectivity index (χ2v) is 8.41. The molecule has 0 aliphatic carbocycles. The van der Waals surface area contributed by atoms with Crippen molar-refractivity contribution in [2.24, 2.45) is 5.10 Å². The Kier molecular flexibility index (Phi) is 10.8. The lowest BCUT2D eigenvalue weighted by Gasteiger charge is -2.26. The minimum Gasteiger partial charge on any atom is -0.476 e. The molecule has 190 valence electrons. The molecule has 0 radical (unpaired) electrons. The van der Waals surface area contributed by atoms with Crippen LogP contribution in [0.15, 0.2) is 41.5 Å². The van der Waals surface area contributed by atoms with E-state index in [-0.39, 0.29) is 5.91 Å². The van der Waals surface area contributed by atoms with Crippen molar-refractivity contribution in [3.05, 3.63) is 47.5 Å². The Morgan fingerprint density at radius 2 is 1.97 bits per heavy atom. The number of nitrogens with one attached hydrogen (secondary N) is 2. The summed E-state index contributed by atoms with van der Waals surface area (Å²) in [5.74, 6) is 1.06. The van der Waals surface area contributed by atoms with Gasteiger partial charge in [-0.15, -0.1) is 0 Å². The third kappa shape index (κ3) is 8.52. The van der Waals surface area contributed by atoms with E-state index in [2.05, 4.69) is 44.5 Å². The highest BCUT2D eigenvalue weighted by Crippen LogP contribution is 2.25. The number of carbonyl (C=O) groups excluding carboxylic acids is 1. The van der Waals surface area contributed by atoms with E-state index < -0.39 is 0 Å². The van der Waals surface area contributed by atoms with Gasteiger partial charge < -0.3 is 19.7 Å². The number of benzene rings is 1. The molecular weight excluding hydrogens is 444 g/mol. The van der Waals surface area contributed by atoms with Crippen molar-refractivity contribution >= 4 is 23.6 Å². The highest BCUT2D eigenvalue weighted by Gasteiger charge is 2.13. The first-order valence-electron chi connectivity index (χ1n) is 12.4. The number of rotatable bonds is 13. The molecule has 0 unspecified atom stereocenters. The molecule has 0 bridgehead atoms. The molecule has 2 aromatic rings. The molecule has 1 aromatic heterocycles. The number of amides is 1. The maximum atomic E-state index is 11.9. The number of ether oxygens (including phenoxy) is 2. The Morgan fingerprint density at radius 1 is 1.20 bits per heavy atom. The van der Waals surface area contributed by atoms with Crippen LogP contribution in [0.4, 0.5) is 11.5 Å². The molecule has 1 aliphatic heterocycles. The molecule has 0 spiro atoms. The van der Waals surface area contributed by atoms with Gasteiger partial charge in [-0.25, -0.2) is 0 Å². The summed E-state index contributed by atoms with van der Waals surface area (Å²) in [4.78, 5) is 21.2. The zero-order valence-electron chi connectivity index (χ0n) is 21.1. The van der Waals surface area contributed by atoms with Gasteiger partial charge in [-0.05, 0) is 30.5 Å². The summed E-state index contributed by atoms with van der Waals surface area (Å²) in [5, 5.41) is 6.99. The summed E-state index contributed by atoms with van der Waals surface area (Å²) in [6.45, 7) is 11.1. The van der Waals surface area contributed by atoms with Crippen LogP contribution in [0, 0.1) is 0 Å². The topological polar surface area (TPSA) is 91.3 Å². The smallest absolute Gasteiger partial charge is 0.251 e. The third-order valence-corrected chi connectivity index (χ3v) is 5.67. The first-order chi connectivity index (χ1) is 17.1. The summed E-state index contributed by atoms with van der Waals surface area (Å²) < 4.78 is 11.5. The van der Waals surface area contributed by atoms with Gasteiger partial charge in [-0.2, -0.15) is 10.1 Å². The van der Waals surface area contributed by atoms with Crippen LogP contribution in [0.2, 0.25) is 0 Å². The summed E-state index contributed by atoms with van der Waals surface area (Å²) in [7, 11) is 1.62. The number of aromatic nitrogens is 1. The lowest BCUT2D eigenvalue weighted by molar-refractivity contribution is 0.0320. The second-order valence-electron chi connectivity index (χ2n) is 8.41. The molecular formula is C26H38N6O3. The largest absolute Gasteiger partial charge is 0.476 e. The van der Waals surface area contributed by atoms with Crippen LogP contribution >= 0.6 is 0 Å². The lowest BCUT2D eigenvalue weighted by Crippen LogP contribution is -2.38. The molecule has 9 heteroatoms. The standard InChI is InChI=1S/C26H38N6O3/c1-4-9-32(10-5-2)23-18-24(29-25(19-23)35-16-13-31-11-14-34-15-12-31)30-28-20-21-7-6-8-22(17-21)26(33)27-3/h6-8,17-20H,4-5,9-16H2,1-3H3,(H,27,33)(H,29,30)/b28-20+. The Hall–Kier alpha value is -3.17. The number of pyridine rings is 1. The number of hydrogen-bond donors (Lipinski definition) is 2. The van der Waals surface area contributed by atoms with Crippen LogP contribution in [-0.4, -0.2) is 81.6 Å². The molecule has 1 aliphatic rings. The SMILES string of the molecule is CCCN(CCC)c1cc(N/N=C/c2cccc(C(=O)NC)c2)nc(OCCN2CCOCC2)c1. The van der Waals surface area contributed by atoms with Gasteiger partial charge in [0.2, 0.25) is 5.88 Å². The van der Waals surface area contributed by atoms with Gasteiger partial charge >= 0.3 is 0 Å². The van der Waals surface area contributed by atoms with Gasteiger partial charge in [0, 0.05) is 63.2 Å². The summed E-state index contributed by atoms with van der Waals surface area (Å²) in [5.41, 5.74) is 5.50. The van der Waals surface area contributed by atoms with Crippen molar-refractivity contribution in [1.29, 1.82) is 0 Å². The Bertz CT molecular complexity index is 956. The monoisotopic (exact) mass is 482 g/mol. The van der Waals surface area contributed by atoms with Crippen LogP contribution in [0.1, 0.15) is 42.6 Å². The van der Waals surface area contributed by atoms with Crippen LogP contribution in [-0.2, 0) is 4.74 Å². The normalized spacial score (nSPS) is 14.1. The zero-order valence-corrected chi connectivity index (χ0v) is 21.1. The van der Waals surface area contributed by atoms with Crippen LogP contribution in [0.25, 0.3) is 0 Å². The van der Waals surface area contributed by atoms with Crippen LogP contribution < -0.4 is 20.4 Å². The lowest BCUT2D eigenvalue weighted by atomic mass is 10.1. The predicted octanol–water partition coefficient (Wildman–Crippen LogP) is 3.22. The van der Waals surface area contributed by atoms with Crippen LogP contribution in [0.3, 0.4) is 0 Å². The molecule has 0 atom stereocenters. The zero-order chi connectivity index (χ0) is 24.9. The minimum atomic E-state index is -0.131. The van der Waals surface area contributed by atoms with E-state index >= 15 is 0 Å². The minimum absolute atomic E-state index is 0.131. The highest BCUT2D eigenvalue weighted by molar-refractivity contribution is 5.96. The van der Waals surface area contributed by atoms with Crippen molar-refractivity contribution in [2.75, 3.05) is 69.9 Å². The van der Waals surface area contributed by atoms with E-state index in [0.717, 1.165) is 70.0 Å². The first kappa shape index (κ1) is 26.4. The van der Waals surface area contributed by atoms with E-state index in [4.69, 9.17) is 9.47 Å². The van der Waals surface area contributed by atoms with Crippen molar-refractivity contribution in [2.45, 2.75) is 26.7 Å². The highest BCUT2D eigenvalue weighted by atomic mass is 16.5. The first-order valence-corrected chi connectivity index (χ1v) is 12.4. The number of hydrogen-bond acceptors (Lipinski definition) is 8. The van der Waals surface area contributed by atoms with E-state index in [1.807, 2.05) is 24.3 Å². The predicted molar refractivity (Wildman–Crippen MR) is 141 cm³/mol. The molecule has 9 nitrogen and oxygen atoms in total. The molecule has 1 saturated heterocycles. The van der Waals surface area contributed by atoms with Gasteiger partial charge in [0.15, 0.2) is 5.82 Å². The van der Waals surface area contributed by atoms with Gasteiger partial charge in [0.25, 0.3) is 5.91 Å². The van der Waals surface area contributed by atoms with Gasteiger partial charge in [0.05, 0.1) is 19.4 Å². The van der Waals surface area contributed by atoms with Gasteiger partial charge in [-0.1, -0.05) is 26.0 Å². The summed E-state index contributed by atoms with van der Waals surface area (Å²) >= 11 is 0. The average molecular weight is 483 g/mol. The van der Waals surface area contributed by atoms with Crippen molar-refractivity contribution in [1.82, 2.24) is 15.2 Å².